The predicted molar refractivity (Wildman–Crippen MR) is 86.7 cm³/mol. The molecule has 5 unspecified atom stereocenters. The first-order valence-electron chi connectivity index (χ1n) is 7.96. The number of nitrogens with two attached hydrogens (primary N) is 1. The fourth-order valence-electron chi connectivity index (χ4n) is 4.30. The minimum atomic E-state index is -0.202. The number of benzene rings is 1. The molecule has 0 saturated carbocycles. The fraction of sp³-hybridized carbons (Fsp3) is 0.588. The third-order valence-corrected chi connectivity index (χ3v) is 5.43. The van der Waals surface area contributed by atoms with Crippen molar-refractivity contribution in [3.05, 3.63) is 35.9 Å². The van der Waals surface area contributed by atoms with Crippen molar-refractivity contribution in [1.29, 1.82) is 0 Å². The van der Waals surface area contributed by atoms with Gasteiger partial charge in [0.1, 0.15) is 0 Å². The first kappa shape index (κ1) is 15.8. The Morgan fingerprint density at radius 3 is 2.36 bits per heavy atom. The number of hydrogen-bond donors (Lipinski definition) is 1. The zero-order valence-electron chi connectivity index (χ0n) is 12.6. The lowest BCUT2D eigenvalue weighted by Crippen LogP contribution is -2.33. The van der Waals surface area contributed by atoms with E-state index < -0.39 is 0 Å². The third-order valence-electron chi connectivity index (χ3n) is 5.43. The second-order valence-corrected chi connectivity index (χ2v) is 6.64. The quantitative estimate of drug-likeness (QED) is 0.927. The number of fused-ring (bicyclic) bond motifs is 5. The van der Waals surface area contributed by atoms with Crippen LogP contribution >= 0.6 is 12.4 Å². The average Bonchev–Trinajstić information content (AvgIpc) is 3.20. The number of hydrogen-bond acceptors (Lipinski definition) is 3. The van der Waals surface area contributed by atoms with E-state index in [4.69, 9.17) is 10.5 Å². The highest BCUT2D eigenvalue weighted by Crippen LogP contribution is 2.47. The first-order valence-corrected chi connectivity index (χ1v) is 7.96. The summed E-state index contributed by atoms with van der Waals surface area (Å²) in [5, 5.41) is 0. The lowest BCUT2D eigenvalue weighted by molar-refractivity contribution is -0.131. The number of nitrogens with zero attached hydrogens (tertiary/aromatic N) is 1. The van der Waals surface area contributed by atoms with Crippen LogP contribution in [0, 0.1) is 11.8 Å². The summed E-state index contributed by atoms with van der Waals surface area (Å²) in [6, 6.07) is 9.68. The van der Waals surface area contributed by atoms with Crippen LogP contribution in [-0.4, -0.2) is 36.1 Å². The van der Waals surface area contributed by atoms with Crippen molar-refractivity contribution >= 4 is 18.3 Å². The molecule has 4 nitrogen and oxygen atoms in total. The topological polar surface area (TPSA) is 55.6 Å². The molecular weight excluding hydrogens is 300 g/mol. The molecule has 1 amide bonds. The Hall–Kier alpha value is -1.10. The van der Waals surface area contributed by atoms with E-state index in [9.17, 15) is 4.79 Å². The van der Waals surface area contributed by atoms with Crippen molar-refractivity contribution < 1.29 is 9.53 Å². The molecule has 0 aromatic heterocycles. The molecule has 3 fully saturated rings. The number of rotatable bonds is 3. The van der Waals surface area contributed by atoms with Gasteiger partial charge in [0.25, 0.3) is 0 Å². The molecule has 1 aromatic carbocycles. The van der Waals surface area contributed by atoms with E-state index >= 15 is 0 Å². The molecular formula is C17H23ClN2O2. The van der Waals surface area contributed by atoms with Gasteiger partial charge in [-0.1, -0.05) is 30.3 Å². The van der Waals surface area contributed by atoms with E-state index in [1.54, 1.807) is 0 Å². The summed E-state index contributed by atoms with van der Waals surface area (Å²) in [6.45, 7) is 1.73. The van der Waals surface area contributed by atoms with Crippen LogP contribution in [0.25, 0.3) is 0 Å². The molecule has 0 spiro atoms. The van der Waals surface area contributed by atoms with Crippen molar-refractivity contribution in [1.82, 2.24) is 4.90 Å². The highest BCUT2D eigenvalue weighted by molar-refractivity contribution is 5.85. The largest absolute Gasteiger partial charge is 0.374 e. The maximum Gasteiger partial charge on any atom is 0.224 e. The maximum absolute atomic E-state index is 12.5. The van der Waals surface area contributed by atoms with Gasteiger partial charge in [0, 0.05) is 37.4 Å². The number of likely N-dealkylation sites (tertiary alicyclic amines) is 1. The molecule has 3 saturated heterocycles. The smallest absolute Gasteiger partial charge is 0.224 e. The molecule has 5 atom stereocenters. The monoisotopic (exact) mass is 322 g/mol. The van der Waals surface area contributed by atoms with Crippen molar-refractivity contribution in [2.24, 2.45) is 17.6 Å². The zero-order valence-corrected chi connectivity index (χ0v) is 13.4. The van der Waals surface area contributed by atoms with Crippen molar-refractivity contribution in [2.75, 3.05) is 13.1 Å². The molecule has 120 valence electrons. The van der Waals surface area contributed by atoms with Gasteiger partial charge in [-0.05, 0) is 18.4 Å². The maximum atomic E-state index is 12.5. The van der Waals surface area contributed by atoms with Crippen LogP contribution in [-0.2, 0) is 9.53 Å². The van der Waals surface area contributed by atoms with E-state index in [1.165, 1.54) is 12.8 Å². The second kappa shape index (κ2) is 6.19. The van der Waals surface area contributed by atoms with E-state index in [2.05, 4.69) is 0 Å². The number of carbonyl (C=O) groups excluding carboxylic acids is 1. The van der Waals surface area contributed by atoms with Crippen LogP contribution in [0.15, 0.2) is 30.3 Å². The van der Waals surface area contributed by atoms with Gasteiger partial charge in [-0.15, -0.1) is 12.4 Å². The Labute approximate surface area is 137 Å². The van der Waals surface area contributed by atoms with Crippen molar-refractivity contribution in [3.8, 4) is 0 Å². The predicted octanol–water partition coefficient (Wildman–Crippen LogP) is 2.13. The van der Waals surface area contributed by atoms with E-state index in [0.717, 1.165) is 18.7 Å². The minimum absolute atomic E-state index is 0. The molecule has 1 aromatic rings. The summed E-state index contributed by atoms with van der Waals surface area (Å²) >= 11 is 0. The molecule has 0 aliphatic carbocycles. The van der Waals surface area contributed by atoms with Gasteiger partial charge in [-0.3, -0.25) is 4.79 Å². The first-order chi connectivity index (χ1) is 10.2. The molecule has 3 heterocycles. The summed E-state index contributed by atoms with van der Waals surface area (Å²) < 4.78 is 5.96. The average molecular weight is 323 g/mol. The van der Waals surface area contributed by atoms with Gasteiger partial charge in [-0.25, -0.2) is 0 Å². The van der Waals surface area contributed by atoms with Crippen molar-refractivity contribution in [3.63, 3.8) is 0 Å². The third kappa shape index (κ3) is 2.64. The highest BCUT2D eigenvalue weighted by Gasteiger charge is 2.53. The summed E-state index contributed by atoms with van der Waals surface area (Å²) in [5.41, 5.74) is 7.21. The number of amides is 1. The summed E-state index contributed by atoms with van der Waals surface area (Å²) in [5.74, 6) is 1.33. The molecule has 2 N–H and O–H groups in total. The second-order valence-electron chi connectivity index (χ2n) is 6.64. The van der Waals surface area contributed by atoms with Gasteiger partial charge >= 0.3 is 0 Å². The SMILES string of the molecule is Cl.NC(CC(=O)N1CC2C3CCC(O3)C2C1)c1ccccc1. The summed E-state index contributed by atoms with van der Waals surface area (Å²) in [6.07, 6.45) is 3.57. The number of ether oxygens (including phenoxy) is 1. The Morgan fingerprint density at radius 1 is 1.18 bits per heavy atom. The van der Waals surface area contributed by atoms with Gasteiger partial charge in [-0.2, -0.15) is 0 Å². The Morgan fingerprint density at radius 2 is 1.77 bits per heavy atom. The Balaban J connectivity index is 0.00000144. The zero-order chi connectivity index (χ0) is 14.4. The molecule has 5 heteroatoms. The van der Waals surface area contributed by atoms with E-state index in [0.29, 0.717) is 30.5 Å². The van der Waals surface area contributed by atoms with Crippen LogP contribution in [0.3, 0.4) is 0 Å². The van der Waals surface area contributed by atoms with Crippen LogP contribution in [0.2, 0.25) is 0 Å². The molecule has 22 heavy (non-hydrogen) atoms. The van der Waals surface area contributed by atoms with Crippen LogP contribution in [0.5, 0.6) is 0 Å². The standard InChI is InChI=1S/C17H22N2O2.ClH/c18-14(11-4-2-1-3-5-11)8-17(20)19-9-12-13(10-19)16-7-6-15(12)21-16;/h1-5,12-16H,6-10,18H2;1H. The summed E-state index contributed by atoms with van der Waals surface area (Å²) in [7, 11) is 0. The normalized spacial score (nSPS) is 33.4. The van der Waals surface area contributed by atoms with E-state index in [1.807, 2.05) is 35.2 Å². The lowest BCUT2D eigenvalue weighted by Gasteiger charge is -2.21. The minimum Gasteiger partial charge on any atom is -0.374 e. The Bertz CT molecular complexity index is 521. The van der Waals surface area contributed by atoms with Gasteiger partial charge in [0.05, 0.1) is 12.2 Å². The number of carbonyl (C=O) groups is 1. The van der Waals surface area contributed by atoms with Crippen LogP contribution in [0.1, 0.15) is 30.9 Å². The van der Waals surface area contributed by atoms with Gasteiger partial charge < -0.3 is 15.4 Å². The lowest BCUT2D eigenvalue weighted by atomic mass is 9.82. The Kier molecular flexibility index (Phi) is 4.44. The summed E-state index contributed by atoms with van der Waals surface area (Å²) in [4.78, 5) is 14.5. The molecule has 4 rings (SSSR count). The molecule has 0 radical (unpaired) electrons. The van der Waals surface area contributed by atoms with Crippen molar-refractivity contribution in [2.45, 2.75) is 37.5 Å². The van der Waals surface area contributed by atoms with Gasteiger partial charge in [0.15, 0.2) is 0 Å². The fourth-order valence-corrected chi connectivity index (χ4v) is 4.30. The number of halogens is 1. The van der Waals surface area contributed by atoms with Gasteiger partial charge in [0.2, 0.25) is 5.91 Å². The molecule has 3 aliphatic rings. The van der Waals surface area contributed by atoms with Crippen LogP contribution in [0.4, 0.5) is 0 Å². The highest BCUT2D eigenvalue weighted by atomic mass is 35.5. The van der Waals surface area contributed by atoms with Crippen LogP contribution < -0.4 is 5.73 Å². The molecule has 3 aliphatic heterocycles. The molecule has 2 bridgehead atoms. The van der Waals surface area contributed by atoms with E-state index in [-0.39, 0.29) is 24.4 Å².